The van der Waals surface area contributed by atoms with Crippen LogP contribution in [0.4, 0.5) is 26.3 Å². The molecule has 0 fully saturated rings. The van der Waals surface area contributed by atoms with Gasteiger partial charge in [-0.3, -0.25) is 9.97 Å². The molecule has 228 valence electrons. The molecule has 43 heavy (non-hydrogen) atoms. The highest BCUT2D eigenvalue weighted by atomic mass is 35.5. The van der Waals surface area contributed by atoms with E-state index in [2.05, 4.69) is 9.97 Å². The molecule has 3 nitrogen and oxygen atoms in total. The van der Waals surface area contributed by atoms with Crippen LogP contribution < -0.4 is 0 Å². The Labute approximate surface area is 271 Å². The van der Waals surface area contributed by atoms with Crippen molar-refractivity contribution in [2.75, 3.05) is 0 Å². The molecular formula is C28H16Cl6F6N2O. The van der Waals surface area contributed by atoms with Gasteiger partial charge >= 0.3 is 12.4 Å². The maximum Gasteiger partial charge on any atom is 0.417 e. The van der Waals surface area contributed by atoms with E-state index in [0.29, 0.717) is 33.6 Å². The second-order valence-corrected chi connectivity index (χ2v) is 11.7. The largest absolute Gasteiger partial charge is 0.417 e. The normalized spacial score (nSPS) is 13.7. The Hall–Kier alpha value is -1.98. The van der Waals surface area contributed by atoms with E-state index in [4.69, 9.17) is 74.3 Å². The number of aromatic nitrogens is 2. The van der Waals surface area contributed by atoms with Gasteiger partial charge in [0.2, 0.25) is 0 Å². The molecule has 0 aliphatic rings. The molecule has 2 atom stereocenters. The first-order valence-corrected chi connectivity index (χ1v) is 14.3. The van der Waals surface area contributed by atoms with Crippen molar-refractivity contribution in [3.8, 4) is 0 Å². The molecule has 4 rings (SSSR count). The lowest BCUT2D eigenvalue weighted by atomic mass is 10.00. The number of nitrogens with zero attached hydrogens (tertiary/aromatic N) is 2. The highest BCUT2D eigenvalue weighted by Crippen LogP contribution is 2.41. The Morgan fingerprint density at radius 2 is 0.930 bits per heavy atom. The first kappa shape index (κ1) is 33.9. The van der Waals surface area contributed by atoms with Gasteiger partial charge in [0.05, 0.1) is 44.8 Å². The summed E-state index contributed by atoms with van der Waals surface area (Å²) in [6.07, 6.45) is -10.5. The van der Waals surface area contributed by atoms with Gasteiger partial charge in [-0.1, -0.05) is 81.7 Å². The monoisotopic (exact) mass is 720 g/mol. The lowest BCUT2D eigenvalue weighted by molar-refractivity contribution is -0.138. The van der Waals surface area contributed by atoms with Gasteiger partial charge in [-0.2, -0.15) is 26.3 Å². The number of halogens is 12. The SMILES string of the molecule is FC(F)(F)c1cnc(CC(OC(Cc2ncc(C(F)(F)F)cc2Cl)c2ccc(Cl)cc2Cl)c2ccc(Cl)cc2Cl)c(Cl)c1. The van der Waals surface area contributed by atoms with E-state index in [-0.39, 0.29) is 44.3 Å². The lowest BCUT2D eigenvalue weighted by Crippen LogP contribution is -2.18. The van der Waals surface area contributed by atoms with Crippen LogP contribution in [0.5, 0.6) is 0 Å². The van der Waals surface area contributed by atoms with E-state index in [1.165, 1.54) is 24.3 Å². The fourth-order valence-electron chi connectivity index (χ4n) is 4.08. The number of alkyl halides is 6. The predicted octanol–water partition coefficient (Wildman–Crippen LogP) is 11.7. The lowest BCUT2D eigenvalue weighted by Gasteiger charge is -2.27. The van der Waals surface area contributed by atoms with Crippen molar-refractivity contribution in [3.05, 3.63) is 125 Å². The quantitative estimate of drug-likeness (QED) is 0.170. The van der Waals surface area contributed by atoms with Crippen molar-refractivity contribution in [2.24, 2.45) is 0 Å². The van der Waals surface area contributed by atoms with Crippen molar-refractivity contribution < 1.29 is 31.1 Å². The van der Waals surface area contributed by atoms with Crippen molar-refractivity contribution in [2.45, 2.75) is 37.4 Å². The zero-order valence-electron chi connectivity index (χ0n) is 21.2. The van der Waals surface area contributed by atoms with E-state index in [9.17, 15) is 26.3 Å². The van der Waals surface area contributed by atoms with Crippen LogP contribution in [0.3, 0.4) is 0 Å². The second-order valence-electron chi connectivity index (χ2n) is 9.15. The Bertz CT molecular complexity index is 1510. The average Bonchev–Trinajstić information content (AvgIpc) is 2.89. The van der Waals surface area contributed by atoms with Gasteiger partial charge in [-0.15, -0.1) is 0 Å². The van der Waals surface area contributed by atoms with Crippen LogP contribution in [0.15, 0.2) is 60.9 Å². The molecule has 0 N–H and O–H groups in total. The van der Waals surface area contributed by atoms with E-state index in [1.807, 2.05) is 0 Å². The molecule has 0 saturated carbocycles. The Morgan fingerprint density at radius 1 is 0.558 bits per heavy atom. The molecule has 0 amide bonds. The van der Waals surface area contributed by atoms with Crippen LogP contribution in [0.2, 0.25) is 30.1 Å². The first-order valence-electron chi connectivity index (χ1n) is 12.0. The third kappa shape index (κ3) is 8.60. The number of pyridine rings is 2. The molecule has 2 unspecified atom stereocenters. The number of hydrogen-bond acceptors (Lipinski definition) is 3. The van der Waals surface area contributed by atoms with Crippen LogP contribution in [0.25, 0.3) is 0 Å². The van der Waals surface area contributed by atoms with Crippen LogP contribution in [0.1, 0.15) is 45.8 Å². The van der Waals surface area contributed by atoms with Crippen molar-refractivity contribution in [1.82, 2.24) is 9.97 Å². The molecule has 0 saturated heterocycles. The number of ether oxygens (including phenoxy) is 1. The summed E-state index contributed by atoms with van der Waals surface area (Å²) in [5.74, 6) is 0. The summed E-state index contributed by atoms with van der Waals surface area (Å²) in [6.45, 7) is 0. The van der Waals surface area contributed by atoms with Crippen molar-refractivity contribution in [3.63, 3.8) is 0 Å². The summed E-state index contributed by atoms with van der Waals surface area (Å²) in [6, 6.07) is 10.5. The summed E-state index contributed by atoms with van der Waals surface area (Å²) in [7, 11) is 0. The fraction of sp³-hybridized carbons (Fsp3) is 0.214. The molecule has 2 aromatic heterocycles. The minimum atomic E-state index is -4.67. The fourth-order valence-corrected chi connectivity index (χ4v) is 5.63. The van der Waals surface area contributed by atoms with Gasteiger partial charge in [0.1, 0.15) is 0 Å². The minimum Gasteiger partial charge on any atom is -0.365 e. The third-order valence-corrected chi connectivity index (χ3v) is 7.97. The summed E-state index contributed by atoms with van der Waals surface area (Å²) in [5.41, 5.74) is -1.25. The van der Waals surface area contributed by atoms with Gasteiger partial charge in [-0.25, -0.2) is 0 Å². The van der Waals surface area contributed by atoms with Gasteiger partial charge in [0.25, 0.3) is 0 Å². The molecule has 0 spiro atoms. The number of benzene rings is 2. The number of hydrogen-bond donors (Lipinski definition) is 0. The maximum atomic E-state index is 13.2. The van der Waals surface area contributed by atoms with E-state index < -0.39 is 35.7 Å². The van der Waals surface area contributed by atoms with Crippen LogP contribution in [0, 0.1) is 0 Å². The molecule has 2 aromatic carbocycles. The molecule has 0 radical (unpaired) electrons. The Morgan fingerprint density at radius 3 is 1.23 bits per heavy atom. The Kier molecular flexibility index (Phi) is 10.7. The number of rotatable bonds is 8. The van der Waals surface area contributed by atoms with E-state index in [0.717, 1.165) is 12.1 Å². The highest BCUT2D eigenvalue weighted by molar-refractivity contribution is 6.35. The topological polar surface area (TPSA) is 35.0 Å². The molecule has 0 aliphatic heterocycles. The smallest absolute Gasteiger partial charge is 0.365 e. The van der Waals surface area contributed by atoms with Gasteiger partial charge < -0.3 is 4.74 Å². The van der Waals surface area contributed by atoms with E-state index in [1.54, 1.807) is 12.1 Å². The van der Waals surface area contributed by atoms with Gasteiger partial charge in [0.15, 0.2) is 0 Å². The summed E-state index contributed by atoms with van der Waals surface area (Å²) < 4.78 is 85.8. The van der Waals surface area contributed by atoms with Crippen molar-refractivity contribution >= 4 is 69.6 Å². The maximum absolute atomic E-state index is 13.2. The van der Waals surface area contributed by atoms with Gasteiger partial charge in [-0.05, 0) is 47.5 Å². The molecule has 0 bridgehead atoms. The zero-order valence-corrected chi connectivity index (χ0v) is 25.7. The predicted molar refractivity (Wildman–Crippen MR) is 155 cm³/mol. The highest BCUT2D eigenvalue weighted by Gasteiger charge is 2.34. The molecule has 2 heterocycles. The molecule has 15 heteroatoms. The second kappa shape index (κ2) is 13.6. The summed E-state index contributed by atoms with van der Waals surface area (Å²) in [4.78, 5) is 7.83. The standard InChI is InChI=1S/C28H16Cl6F6N2O/c29-15-1-3-17(19(31)7-15)25(9-23-21(33)5-13(11-41-23)27(35,36)37)43-26(18-4-2-16(30)8-20(18)32)10-24-22(34)6-14(12-42-24)28(38,39)40/h1-8,11-12,25-26H,9-10H2. The summed E-state index contributed by atoms with van der Waals surface area (Å²) in [5, 5.41) is 0.371. The summed E-state index contributed by atoms with van der Waals surface area (Å²) >= 11 is 37.5. The molecule has 4 aromatic rings. The first-order chi connectivity index (χ1) is 20.0. The molecule has 0 aliphatic carbocycles. The van der Waals surface area contributed by atoms with Crippen molar-refractivity contribution in [1.29, 1.82) is 0 Å². The molecular weight excluding hydrogens is 707 g/mol. The third-order valence-electron chi connectivity index (χ3n) is 6.19. The van der Waals surface area contributed by atoms with Crippen LogP contribution >= 0.6 is 69.6 Å². The average molecular weight is 723 g/mol. The van der Waals surface area contributed by atoms with Crippen LogP contribution in [-0.4, -0.2) is 9.97 Å². The van der Waals surface area contributed by atoms with Gasteiger partial charge in [0, 0.05) is 45.3 Å². The Balaban J connectivity index is 1.79. The zero-order chi connectivity index (χ0) is 31.7. The van der Waals surface area contributed by atoms with Crippen LogP contribution in [-0.2, 0) is 29.9 Å². The minimum absolute atomic E-state index is 0.0531. The van der Waals surface area contributed by atoms with E-state index >= 15 is 0 Å².